The number of hydrogen-bond acceptors (Lipinski definition) is 7. The molecule has 0 radical (unpaired) electrons. The van der Waals surface area contributed by atoms with E-state index in [4.69, 9.17) is 4.74 Å². The molecule has 1 saturated heterocycles. The van der Waals surface area contributed by atoms with Crippen LogP contribution in [0.3, 0.4) is 0 Å². The van der Waals surface area contributed by atoms with Crippen LogP contribution in [0.5, 0.6) is 5.88 Å². The van der Waals surface area contributed by atoms with E-state index in [0.29, 0.717) is 11.9 Å². The fraction of sp³-hybridized carbons (Fsp3) is 0.500. The highest BCUT2D eigenvalue weighted by Gasteiger charge is 2.24. The Morgan fingerprint density at radius 1 is 1.19 bits per heavy atom. The van der Waals surface area contributed by atoms with Gasteiger partial charge in [-0.25, -0.2) is 9.97 Å². The fourth-order valence-corrected chi connectivity index (χ4v) is 3.23. The van der Waals surface area contributed by atoms with Crippen molar-refractivity contribution in [1.82, 2.24) is 19.9 Å². The normalized spacial score (nSPS) is 17.7. The van der Waals surface area contributed by atoms with Crippen molar-refractivity contribution in [3.8, 4) is 5.88 Å². The number of ether oxygens (including phenoxy) is 1. The lowest BCUT2D eigenvalue weighted by Gasteiger charge is -2.37. The molecular weight excluding hydrogens is 286 g/mol. The molecule has 0 aromatic carbocycles. The SMILES string of the molecule is COc1ccnc(N2CCN(C(C)c3nccs3)CC2)n1. The number of anilines is 1. The van der Waals surface area contributed by atoms with Gasteiger partial charge in [-0.2, -0.15) is 4.98 Å². The number of thiazole rings is 1. The van der Waals surface area contributed by atoms with Crippen LogP contribution >= 0.6 is 11.3 Å². The van der Waals surface area contributed by atoms with Gasteiger partial charge in [0.05, 0.1) is 13.2 Å². The van der Waals surface area contributed by atoms with E-state index in [1.165, 1.54) is 5.01 Å². The average molecular weight is 305 g/mol. The van der Waals surface area contributed by atoms with E-state index >= 15 is 0 Å². The van der Waals surface area contributed by atoms with Gasteiger partial charge in [-0.05, 0) is 6.92 Å². The summed E-state index contributed by atoms with van der Waals surface area (Å²) in [5.74, 6) is 1.36. The van der Waals surface area contributed by atoms with Gasteiger partial charge in [-0.3, -0.25) is 4.90 Å². The third-order valence-electron chi connectivity index (χ3n) is 3.78. The van der Waals surface area contributed by atoms with Crippen LogP contribution in [0, 0.1) is 0 Å². The lowest BCUT2D eigenvalue weighted by atomic mass is 10.2. The van der Waals surface area contributed by atoms with Crippen LogP contribution in [0.2, 0.25) is 0 Å². The predicted molar refractivity (Wildman–Crippen MR) is 82.9 cm³/mol. The highest BCUT2D eigenvalue weighted by molar-refractivity contribution is 7.09. The topological polar surface area (TPSA) is 54.4 Å². The number of rotatable bonds is 4. The summed E-state index contributed by atoms with van der Waals surface area (Å²) in [5, 5.41) is 3.22. The minimum absolute atomic E-state index is 0.373. The maximum Gasteiger partial charge on any atom is 0.228 e. The van der Waals surface area contributed by atoms with E-state index in [2.05, 4.69) is 31.7 Å². The highest BCUT2D eigenvalue weighted by atomic mass is 32.1. The van der Waals surface area contributed by atoms with E-state index < -0.39 is 0 Å². The Balaban J connectivity index is 1.62. The molecule has 3 rings (SSSR count). The number of methoxy groups -OCH3 is 1. The van der Waals surface area contributed by atoms with Crippen LogP contribution < -0.4 is 9.64 Å². The van der Waals surface area contributed by atoms with Crippen LogP contribution in [-0.4, -0.2) is 53.1 Å². The van der Waals surface area contributed by atoms with Crippen LogP contribution in [0.25, 0.3) is 0 Å². The highest BCUT2D eigenvalue weighted by Crippen LogP contribution is 2.24. The molecule has 0 aliphatic carbocycles. The Morgan fingerprint density at radius 2 is 2.00 bits per heavy atom. The molecule has 1 aliphatic rings. The molecule has 2 aromatic rings. The van der Waals surface area contributed by atoms with Crippen LogP contribution in [0.4, 0.5) is 5.95 Å². The van der Waals surface area contributed by atoms with Crippen molar-refractivity contribution < 1.29 is 4.74 Å². The third-order valence-corrected chi connectivity index (χ3v) is 4.73. The van der Waals surface area contributed by atoms with Gasteiger partial charge in [0.2, 0.25) is 11.8 Å². The van der Waals surface area contributed by atoms with E-state index in [-0.39, 0.29) is 0 Å². The van der Waals surface area contributed by atoms with Crippen molar-refractivity contribution >= 4 is 17.3 Å². The second kappa shape index (κ2) is 6.36. The minimum atomic E-state index is 0.373. The molecule has 112 valence electrons. The Morgan fingerprint density at radius 3 is 2.67 bits per heavy atom. The molecule has 1 aliphatic heterocycles. The summed E-state index contributed by atoms with van der Waals surface area (Å²) < 4.78 is 5.16. The Labute approximate surface area is 128 Å². The quantitative estimate of drug-likeness (QED) is 0.859. The van der Waals surface area contributed by atoms with E-state index in [1.807, 2.05) is 11.6 Å². The lowest BCUT2D eigenvalue weighted by Crippen LogP contribution is -2.47. The van der Waals surface area contributed by atoms with Crippen molar-refractivity contribution in [1.29, 1.82) is 0 Å². The first-order valence-electron chi connectivity index (χ1n) is 7.03. The van der Waals surface area contributed by atoms with Crippen molar-refractivity contribution in [2.24, 2.45) is 0 Å². The Hall–Kier alpha value is -1.73. The molecule has 0 amide bonds. The van der Waals surface area contributed by atoms with E-state index in [9.17, 15) is 0 Å². The molecule has 0 saturated carbocycles. The molecule has 0 N–H and O–H groups in total. The maximum absolute atomic E-state index is 5.16. The number of nitrogens with zero attached hydrogens (tertiary/aromatic N) is 5. The smallest absolute Gasteiger partial charge is 0.228 e. The first kappa shape index (κ1) is 14.2. The molecule has 1 fully saturated rings. The molecule has 3 heterocycles. The van der Waals surface area contributed by atoms with Gasteiger partial charge < -0.3 is 9.64 Å². The zero-order valence-electron chi connectivity index (χ0n) is 12.3. The van der Waals surface area contributed by atoms with Crippen molar-refractivity contribution in [2.45, 2.75) is 13.0 Å². The summed E-state index contributed by atoms with van der Waals surface area (Å²) in [6.07, 6.45) is 3.61. The van der Waals surface area contributed by atoms with Gasteiger partial charge >= 0.3 is 0 Å². The van der Waals surface area contributed by atoms with Crippen LogP contribution in [0.15, 0.2) is 23.8 Å². The van der Waals surface area contributed by atoms with Crippen molar-refractivity contribution in [2.75, 3.05) is 38.2 Å². The predicted octanol–water partition coefficient (Wildman–Crippen LogP) is 1.82. The number of aromatic nitrogens is 3. The van der Waals surface area contributed by atoms with E-state index in [1.54, 1.807) is 30.7 Å². The number of piperazine rings is 1. The summed E-state index contributed by atoms with van der Waals surface area (Å²) in [5.41, 5.74) is 0. The van der Waals surface area contributed by atoms with Gasteiger partial charge in [0.1, 0.15) is 5.01 Å². The average Bonchev–Trinajstić information content (AvgIpc) is 3.09. The summed E-state index contributed by atoms with van der Waals surface area (Å²) in [6, 6.07) is 2.14. The third kappa shape index (κ3) is 3.14. The summed E-state index contributed by atoms with van der Waals surface area (Å²) >= 11 is 1.72. The van der Waals surface area contributed by atoms with Crippen molar-refractivity contribution in [3.05, 3.63) is 28.8 Å². The number of hydrogen-bond donors (Lipinski definition) is 0. The Kier molecular flexibility index (Phi) is 4.31. The molecule has 1 unspecified atom stereocenters. The summed E-state index contributed by atoms with van der Waals surface area (Å²) in [7, 11) is 1.62. The van der Waals surface area contributed by atoms with Crippen LogP contribution in [0.1, 0.15) is 18.0 Å². The van der Waals surface area contributed by atoms with E-state index in [0.717, 1.165) is 32.1 Å². The molecule has 7 heteroatoms. The van der Waals surface area contributed by atoms with Gasteiger partial charge in [0.25, 0.3) is 0 Å². The molecule has 21 heavy (non-hydrogen) atoms. The summed E-state index contributed by atoms with van der Waals surface area (Å²) in [4.78, 5) is 17.8. The minimum Gasteiger partial charge on any atom is -0.481 e. The summed E-state index contributed by atoms with van der Waals surface area (Å²) in [6.45, 7) is 6.03. The van der Waals surface area contributed by atoms with Gasteiger partial charge in [-0.1, -0.05) is 0 Å². The molecular formula is C14H19N5OS. The zero-order chi connectivity index (χ0) is 14.7. The monoisotopic (exact) mass is 305 g/mol. The second-order valence-electron chi connectivity index (χ2n) is 4.97. The maximum atomic E-state index is 5.16. The second-order valence-corrected chi connectivity index (χ2v) is 5.89. The zero-order valence-corrected chi connectivity index (χ0v) is 13.1. The lowest BCUT2D eigenvalue weighted by molar-refractivity contribution is 0.197. The molecule has 2 aromatic heterocycles. The molecule has 0 spiro atoms. The molecule has 1 atom stereocenters. The first-order chi connectivity index (χ1) is 10.3. The fourth-order valence-electron chi connectivity index (χ4n) is 2.50. The van der Waals surface area contributed by atoms with Gasteiger partial charge in [0.15, 0.2) is 0 Å². The van der Waals surface area contributed by atoms with Gasteiger partial charge in [0, 0.05) is 50.0 Å². The van der Waals surface area contributed by atoms with Crippen LogP contribution in [-0.2, 0) is 0 Å². The molecule has 6 nitrogen and oxygen atoms in total. The van der Waals surface area contributed by atoms with Gasteiger partial charge in [-0.15, -0.1) is 11.3 Å². The molecule has 0 bridgehead atoms. The van der Waals surface area contributed by atoms with Crippen molar-refractivity contribution in [3.63, 3.8) is 0 Å². The Bertz CT molecular complexity index is 569. The first-order valence-corrected chi connectivity index (χ1v) is 7.91. The largest absolute Gasteiger partial charge is 0.481 e. The standard InChI is InChI=1S/C14H19N5OS/c1-11(13-15-5-10-21-13)18-6-8-19(9-7-18)14-16-4-3-12(17-14)20-2/h3-5,10-11H,6-9H2,1-2H3.